The second-order valence-electron chi connectivity index (χ2n) is 6.92. The van der Waals surface area contributed by atoms with E-state index in [0.717, 1.165) is 0 Å². The molecule has 4 unspecified atom stereocenters. The highest BCUT2D eigenvalue weighted by Gasteiger charge is 2.31. The molecule has 0 aromatic rings. The summed E-state index contributed by atoms with van der Waals surface area (Å²) in [5, 5.41) is 24.5. The van der Waals surface area contributed by atoms with E-state index >= 15 is 0 Å². The molecule has 5 amide bonds. The number of carboxylic acid groups (broad SMARTS) is 2. The molecule has 0 bridgehead atoms. The minimum absolute atomic E-state index is 0.0595. The predicted molar refractivity (Wildman–Crippen MR) is 114 cm³/mol. The Labute approximate surface area is 193 Å². The van der Waals surface area contributed by atoms with E-state index in [1.165, 1.54) is 0 Å². The second-order valence-corrected chi connectivity index (χ2v) is 7.28. The molecule has 16 heteroatoms. The lowest BCUT2D eigenvalue weighted by Gasteiger charge is -2.24. The number of thiol groups is 1. The van der Waals surface area contributed by atoms with E-state index in [1.54, 1.807) is 0 Å². The van der Waals surface area contributed by atoms with Crippen molar-refractivity contribution in [2.45, 2.75) is 56.3 Å². The molecule has 0 rings (SSSR count). The van der Waals surface area contributed by atoms with Crippen molar-refractivity contribution in [3.05, 3.63) is 0 Å². The van der Waals surface area contributed by atoms with Crippen LogP contribution in [0.2, 0.25) is 0 Å². The van der Waals surface area contributed by atoms with E-state index in [9.17, 15) is 33.6 Å². The summed E-state index contributed by atoms with van der Waals surface area (Å²) in [6, 6.07) is -5.75. The molecule has 33 heavy (non-hydrogen) atoms. The number of primary amides is 2. The molecule has 186 valence electrons. The molecule has 0 spiro atoms. The fraction of sp³-hybridized carbons (Fsp3) is 0.588. The summed E-state index contributed by atoms with van der Waals surface area (Å²) < 4.78 is 0. The molecule has 4 atom stereocenters. The van der Waals surface area contributed by atoms with Gasteiger partial charge in [0.1, 0.15) is 18.1 Å². The zero-order chi connectivity index (χ0) is 25.7. The van der Waals surface area contributed by atoms with Crippen molar-refractivity contribution in [3.63, 3.8) is 0 Å². The number of hydrogen-bond acceptors (Lipinski definition) is 9. The number of nitrogens with two attached hydrogens (primary N) is 3. The minimum Gasteiger partial charge on any atom is -0.481 e. The Bertz CT molecular complexity index is 778. The zero-order valence-electron chi connectivity index (χ0n) is 17.5. The highest BCUT2D eigenvalue weighted by molar-refractivity contribution is 7.80. The standard InChI is InChI=1S/C17H28N6O9S/c18-7(6-33)14(28)21-8(1-3-11(19)24)15(29)22-9(2-4-13(26)27)16(30)23-10(17(31)32)5-12(20)25/h7-10,33H,1-6,18H2,(H2,19,24)(H2,20,25)(H,21,28)(H,22,29)(H,23,30)(H,26,27)(H,31,32). The van der Waals surface area contributed by atoms with Crippen LogP contribution < -0.4 is 33.2 Å². The number of aliphatic carboxylic acids is 2. The van der Waals surface area contributed by atoms with Gasteiger partial charge >= 0.3 is 11.9 Å². The summed E-state index contributed by atoms with van der Waals surface area (Å²) in [4.78, 5) is 81.6. The van der Waals surface area contributed by atoms with Gasteiger partial charge in [-0.1, -0.05) is 0 Å². The van der Waals surface area contributed by atoms with E-state index < -0.39 is 84.9 Å². The van der Waals surface area contributed by atoms with Crippen LogP contribution in [-0.4, -0.2) is 81.6 Å². The first kappa shape index (κ1) is 29.6. The third-order valence-electron chi connectivity index (χ3n) is 4.15. The second kappa shape index (κ2) is 14.6. The molecule has 0 aromatic carbocycles. The van der Waals surface area contributed by atoms with Crippen LogP contribution in [0.15, 0.2) is 0 Å². The van der Waals surface area contributed by atoms with Gasteiger partial charge < -0.3 is 43.4 Å². The van der Waals surface area contributed by atoms with E-state index in [0.29, 0.717) is 0 Å². The van der Waals surface area contributed by atoms with Crippen LogP contribution in [0.3, 0.4) is 0 Å². The summed E-state index contributed by atoms with van der Waals surface area (Å²) >= 11 is 3.87. The first-order valence-electron chi connectivity index (χ1n) is 9.57. The zero-order valence-corrected chi connectivity index (χ0v) is 18.4. The fourth-order valence-electron chi connectivity index (χ4n) is 2.40. The van der Waals surface area contributed by atoms with Gasteiger partial charge in [0.05, 0.1) is 12.5 Å². The summed E-state index contributed by atoms with van der Waals surface area (Å²) in [7, 11) is 0. The molecule has 0 heterocycles. The first-order valence-corrected chi connectivity index (χ1v) is 10.2. The van der Waals surface area contributed by atoms with Crippen molar-refractivity contribution >= 4 is 54.1 Å². The SMILES string of the molecule is NC(=O)CCC(NC(=O)C(N)CS)C(=O)NC(CCC(=O)O)C(=O)NC(CC(N)=O)C(=O)O. The number of nitrogens with one attached hydrogen (secondary N) is 3. The highest BCUT2D eigenvalue weighted by atomic mass is 32.1. The average Bonchev–Trinajstić information content (AvgIpc) is 2.71. The molecule has 11 N–H and O–H groups in total. The largest absolute Gasteiger partial charge is 0.481 e. The molecule has 0 aliphatic heterocycles. The number of rotatable bonds is 16. The van der Waals surface area contributed by atoms with Gasteiger partial charge in [0, 0.05) is 18.6 Å². The summed E-state index contributed by atoms with van der Waals surface area (Å²) in [5.41, 5.74) is 15.6. The van der Waals surface area contributed by atoms with Crippen LogP contribution in [0.5, 0.6) is 0 Å². The lowest BCUT2D eigenvalue weighted by molar-refractivity contribution is -0.144. The van der Waals surface area contributed by atoms with Crippen molar-refractivity contribution in [1.29, 1.82) is 0 Å². The first-order chi connectivity index (χ1) is 15.3. The lowest BCUT2D eigenvalue weighted by Crippen LogP contribution is -2.57. The summed E-state index contributed by atoms with van der Waals surface area (Å²) in [6.07, 6.45) is -2.38. The van der Waals surface area contributed by atoms with Crippen LogP contribution in [0.1, 0.15) is 32.1 Å². The molecule has 0 saturated heterocycles. The Hall–Kier alpha value is -3.40. The molecule has 0 aliphatic rings. The number of hydrogen-bond donors (Lipinski definition) is 9. The number of carboxylic acids is 2. The molecule has 0 aliphatic carbocycles. The molecule has 0 aromatic heterocycles. The summed E-state index contributed by atoms with van der Waals surface area (Å²) in [6.45, 7) is 0. The van der Waals surface area contributed by atoms with Gasteiger partial charge in [-0.05, 0) is 12.8 Å². The van der Waals surface area contributed by atoms with Gasteiger partial charge in [-0.2, -0.15) is 12.6 Å². The maximum absolute atomic E-state index is 12.7. The van der Waals surface area contributed by atoms with Gasteiger partial charge in [-0.25, -0.2) is 4.79 Å². The Morgan fingerprint density at radius 3 is 1.58 bits per heavy atom. The molecule has 15 nitrogen and oxygen atoms in total. The lowest BCUT2D eigenvalue weighted by atomic mass is 10.1. The maximum atomic E-state index is 12.7. The van der Waals surface area contributed by atoms with Crippen molar-refractivity contribution in [3.8, 4) is 0 Å². The highest BCUT2D eigenvalue weighted by Crippen LogP contribution is 2.05. The van der Waals surface area contributed by atoms with Crippen molar-refractivity contribution in [2.24, 2.45) is 17.2 Å². The maximum Gasteiger partial charge on any atom is 0.326 e. The smallest absolute Gasteiger partial charge is 0.326 e. The quantitative estimate of drug-likeness (QED) is 0.0936. The minimum atomic E-state index is -1.72. The van der Waals surface area contributed by atoms with E-state index in [2.05, 4.69) is 23.3 Å². The van der Waals surface area contributed by atoms with Gasteiger partial charge in [-0.15, -0.1) is 0 Å². The van der Waals surface area contributed by atoms with Gasteiger partial charge in [0.2, 0.25) is 29.5 Å². The third kappa shape index (κ3) is 12.3. The van der Waals surface area contributed by atoms with Gasteiger partial charge in [0.15, 0.2) is 0 Å². The van der Waals surface area contributed by atoms with Crippen molar-refractivity contribution in [1.82, 2.24) is 16.0 Å². The number of carbonyl (C=O) groups is 7. The van der Waals surface area contributed by atoms with Crippen LogP contribution in [-0.2, 0) is 33.6 Å². The van der Waals surface area contributed by atoms with Crippen LogP contribution in [0.25, 0.3) is 0 Å². The summed E-state index contributed by atoms with van der Waals surface area (Å²) in [5.74, 6) is -7.64. The van der Waals surface area contributed by atoms with Gasteiger partial charge in [-0.3, -0.25) is 28.8 Å². The molecule has 0 saturated carbocycles. The predicted octanol–water partition coefficient (Wildman–Crippen LogP) is -4.21. The molecule has 0 fully saturated rings. The molecule has 0 radical (unpaired) electrons. The average molecular weight is 493 g/mol. The van der Waals surface area contributed by atoms with Crippen LogP contribution >= 0.6 is 12.6 Å². The number of carbonyl (C=O) groups excluding carboxylic acids is 5. The molecular weight excluding hydrogens is 464 g/mol. The number of amides is 5. The van der Waals surface area contributed by atoms with Gasteiger partial charge in [0.25, 0.3) is 0 Å². The van der Waals surface area contributed by atoms with E-state index in [4.69, 9.17) is 27.4 Å². The van der Waals surface area contributed by atoms with Crippen LogP contribution in [0, 0.1) is 0 Å². The Morgan fingerprint density at radius 2 is 1.18 bits per heavy atom. The topological polar surface area (TPSA) is 274 Å². The normalized spacial score (nSPS) is 14.1. The Kier molecular flexibility index (Phi) is 13.1. The third-order valence-corrected chi connectivity index (χ3v) is 4.54. The fourth-order valence-corrected chi connectivity index (χ4v) is 2.57. The van der Waals surface area contributed by atoms with E-state index in [1.807, 2.05) is 5.32 Å². The van der Waals surface area contributed by atoms with Crippen LogP contribution in [0.4, 0.5) is 0 Å². The molecular formula is C17H28N6O9S. The Morgan fingerprint density at radius 1 is 0.727 bits per heavy atom. The Balaban J connectivity index is 5.60. The van der Waals surface area contributed by atoms with Crippen molar-refractivity contribution in [2.75, 3.05) is 5.75 Å². The van der Waals surface area contributed by atoms with Crippen molar-refractivity contribution < 1.29 is 43.8 Å². The monoisotopic (exact) mass is 492 g/mol. The van der Waals surface area contributed by atoms with E-state index in [-0.39, 0.29) is 18.6 Å².